The topological polar surface area (TPSA) is 121 Å². The Labute approximate surface area is 114 Å². The summed E-state index contributed by atoms with van der Waals surface area (Å²) < 4.78 is 0. The lowest BCUT2D eigenvalue weighted by atomic mass is 9.84. The van der Waals surface area contributed by atoms with Gasteiger partial charge in [-0.2, -0.15) is 5.21 Å². The molecule has 0 unspecified atom stereocenters. The van der Waals surface area contributed by atoms with E-state index < -0.39 is 11.3 Å². The molecule has 2 heterocycles. The van der Waals surface area contributed by atoms with E-state index in [9.17, 15) is 14.4 Å². The van der Waals surface area contributed by atoms with E-state index in [1.165, 1.54) is 0 Å². The van der Waals surface area contributed by atoms with Crippen molar-refractivity contribution in [3.63, 3.8) is 0 Å². The molecule has 9 heteroatoms. The van der Waals surface area contributed by atoms with Gasteiger partial charge in [-0.3, -0.25) is 24.6 Å². The molecule has 1 saturated heterocycles. The van der Waals surface area contributed by atoms with Gasteiger partial charge in [0.25, 0.3) is 5.95 Å². The monoisotopic (exact) mass is 278 g/mol. The van der Waals surface area contributed by atoms with Crippen LogP contribution in [-0.4, -0.2) is 49.8 Å². The van der Waals surface area contributed by atoms with Gasteiger partial charge in [0, 0.05) is 6.42 Å². The highest BCUT2D eigenvalue weighted by molar-refractivity contribution is 6.09. The van der Waals surface area contributed by atoms with Gasteiger partial charge in [-0.1, -0.05) is 17.9 Å². The Morgan fingerprint density at radius 1 is 1.35 bits per heavy atom. The van der Waals surface area contributed by atoms with Gasteiger partial charge < -0.3 is 0 Å². The lowest BCUT2D eigenvalue weighted by molar-refractivity contribution is -0.143. The minimum Gasteiger partial charge on any atom is -0.290 e. The van der Waals surface area contributed by atoms with E-state index in [1.54, 1.807) is 0 Å². The van der Waals surface area contributed by atoms with Crippen LogP contribution in [0.25, 0.3) is 0 Å². The zero-order chi connectivity index (χ0) is 14.2. The molecule has 1 saturated carbocycles. The van der Waals surface area contributed by atoms with Crippen LogP contribution < -0.4 is 5.32 Å². The Morgan fingerprint density at radius 2 is 2.10 bits per heavy atom. The summed E-state index contributed by atoms with van der Waals surface area (Å²) in [5.74, 6) is -0.990. The number of carbonyl (C=O) groups excluding carboxylic acids is 3. The summed E-state index contributed by atoms with van der Waals surface area (Å²) in [5, 5.41) is 15.0. The molecule has 2 N–H and O–H groups in total. The van der Waals surface area contributed by atoms with Gasteiger partial charge in [-0.15, -0.1) is 5.10 Å². The molecule has 1 aliphatic heterocycles. The predicted molar refractivity (Wildman–Crippen MR) is 65.0 cm³/mol. The maximum atomic E-state index is 12.4. The van der Waals surface area contributed by atoms with Crippen LogP contribution in [0.2, 0.25) is 0 Å². The van der Waals surface area contributed by atoms with Crippen LogP contribution in [0.15, 0.2) is 0 Å². The van der Waals surface area contributed by atoms with Gasteiger partial charge >= 0.3 is 0 Å². The number of aromatic amines is 1. The molecule has 3 amide bonds. The van der Waals surface area contributed by atoms with Crippen molar-refractivity contribution in [3.8, 4) is 0 Å². The second-order valence-corrected chi connectivity index (χ2v) is 5.23. The Bertz CT molecular complexity index is 549. The molecule has 3 rings (SSSR count). The van der Waals surface area contributed by atoms with Crippen LogP contribution in [0, 0.1) is 5.41 Å². The van der Waals surface area contributed by atoms with Gasteiger partial charge in [0.1, 0.15) is 6.54 Å². The summed E-state index contributed by atoms with van der Waals surface area (Å²) in [6.45, 7) is -0.298. The third-order valence-corrected chi connectivity index (χ3v) is 3.95. The molecule has 0 atom stereocenters. The number of rotatable bonds is 3. The number of nitrogens with one attached hydrogen (secondary N) is 2. The van der Waals surface area contributed by atoms with Crippen molar-refractivity contribution in [2.24, 2.45) is 5.41 Å². The van der Waals surface area contributed by atoms with Crippen molar-refractivity contribution in [2.75, 3.05) is 11.9 Å². The Hall–Kier alpha value is -2.32. The zero-order valence-electron chi connectivity index (χ0n) is 10.8. The largest absolute Gasteiger partial charge is 0.290 e. The summed E-state index contributed by atoms with van der Waals surface area (Å²) in [6, 6.07) is 0. The van der Waals surface area contributed by atoms with Crippen LogP contribution in [0.1, 0.15) is 32.1 Å². The first-order chi connectivity index (χ1) is 9.61. The summed E-state index contributed by atoms with van der Waals surface area (Å²) in [4.78, 5) is 37.1. The average molecular weight is 278 g/mol. The van der Waals surface area contributed by atoms with Crippen molar-refractivity contribution < 1.29 is 14.4 Å². The van der Waals surface area contributed by atoms with E-state index in [4.69, 9.17) is 0 Å². The molecular formula is C11H14N6O3. The average Bonchev–Trinajstić information content (AvgIpc) is 3.10. The number of anilines is 1. The van der Waals surface area contributed by atoms with Crippen LogP contribution in [0.5, 0.6) is 0 Å². The van der Waals surface area contributed by atoms with E-state index in [2.05, 4.69) is 25.9 Å². The fraction of sp³-hybridized carbons (Fsp3) is 0.636. The number of nitrogens with zero attached hydrogens (tertiary/aromatic N) is 4. The van der Waals surface area contributed by atoms with E-state index in [1.807, 2.05) is 0 Å². The first-order valence-corrected chi connectivity index (χ1v) is 6.49. The van der Waals surface area contributed by atoms with Gasteiger partial charge in [-0.25, -0.2) is 0 Å². The summed E-state index contributed by atoms with van der Waals surface area (Å²) >= 11 is 0. The molecule has 2 fully saturated rings. The van der Waals surface area contributed by atoms with Gasteiger partial charge in [-0.05, 0) is 18.1 Å². The third kappa shape index (κ3) is 2.04. The molecule has 9 nitrogen and oxygen atoms in total. The smallest absolute Gasteiger partial charge is 0.269 e. The van der Waals surface area contributed by atoms with Crippen molar-refractivity contribution in [3.05, 3.63) is 0 Å². The quantitative estimate of drug-likeness (QED) is 0.716. The highest BCUT2D eigenvalue weighted by Crippen LogP contribution is 2.46. The standard InChI is InChI=1S/C11H14N6O3/c18-7(12-10-13-15-16-14-10)6-17-8(19)5-11(9(17)20)3-1-2-4-11/h1-6H2,(H2,12,13,14,15,16,18). The maximum Gasteiger partial charge on any atom is 0.269 e. The van der Waals surface area contributed by atoms with E-state index >= 15 is 0 Å². The van der Waals surface area contributed by atoms with Crippen LogP contribution in [-0.2, 0) is 14.4 Å². The second kappa shape index (κ2) is 4.66. The zero-order valence-corrected chi connectivity index (χ0v) is 10.8. The van der Waals surface area contributed by atoms with E-state index in [0.29, 0.717) is 0 Å². The van der Waals surface area contributed by atoms with Gasteiger partial charge in [0.2, 0.25) is 17.7 Å². The van der Waals surface area contributed by atoms with Crippen LogP contribution in [0.3, 0.4) is 0 Å². The molecular weight excluding hydrogens is 264 g/mol. The highest BCUT2D eigenvalue weighted by Gasteiger charge is 2.52. The highest BCUT2D eigenvalue weighted by atomic mass is 16.2. The van der Waals surface area contributed by atoms with Crippen molar-refractivity contribution in [2.45, 2.75) is 32.1 Å². The second-order valence-electron chi connectivity index (χ2n) is 5.23. The van der Waals surface area contributed by atoms with Crippen LogP contribution in [0.4, 0.5) is 5.95 Å². The molecule has 1 aromatic heterocycles. The lowest BCUT2D eigenvalue weighted by Gasteiger charge is -2.20. The normalized spacial score (nSPS) is 20.9. The summed E-state index contributed by atoms with van der Waals surface area (Å²) in [6.07, 6.45) is 3.62. The van der Waals surface area contributed by atoms with Crippen molar-refractivity contribution in [1.82, 2.24) is 25.5 Å². The number of carbonyl (C=O) groups is 3. The SMILES string of the molecule is O=C(CN1C(=O)CC2(CCCC2)C1=O)Nc1nn[nH]n1. The van der Waals surface area contributed by atoms with E-state index in [0.717, 1.165) is 30.6 Å². The Kier molecular flexibility index (Phi) is 2.96. The van der Waals surface area contributed by atoms with Crippen LogP contribution >= 0.6 is 0 Å². The first kappa shape index (κ1) is 12.7. The van der Waals surface area contributed by atoms with Gasteiger partial charge in [0.05, 0.1) is 5.41 Å². The molecule has 2 aliphatic rings. The third-order valence-electron chi connectivity index (χ3n) is 3.95. The summed E-state index contributed by atoms with van der Waals surface area (Å²) in [7, 11) is 0. The number of H-pyrrole nitrogens is 1. The maximum absolute atomic E-state index is 12.4. The Morgan fingerprint density at radius 3 is 2.75 bits per heavy atom. The fourth-order valence-electron chi connectivity index (χ4n) is 2.99. The molecule has 106 valence electrons. The minimum atomic E-state index is -0.552. The number of likely N-dealkylation sites (tertiary alicyclic amines) is 1. The number of hydrogen-bond acceptors (Lipinski definition) is 6. The Balaban J connectivity index is 1.66. The minimum absolute atomic E-state index is 0.0182. The number of tetrazole rings is 1. The first-order valence-electron chi connectivity index (χ1n) is 6.49. The number of hydrogen-bond donors (Lipinski definition) is 2. The number of aromatic nitrogens is 4. The van der Waals surface area contributed by atoms with E-state index in [-0.39, 0.29) is 30.7 Å². The van der Waals surface area contributed by atoms with Crippen molar-refractivity contribution in [1.29, 1.82) is 0 Å². The molecule has 0 radical (unpaired) electrons. The molecule has 1 aliphatic carbocycles. The molecule has 1 spiro atoms. The molecule has 0 bridgehead atoms. The number of imide groups is 1. The fourth-order valence-corrected chi connectivity index (χ4v) is 2.99. The molecule has 1 aromatic rings. The van der Waals surface area contributed by atoms with Crippen molar-refractivity contribution >= 4 is 23.7 Å². The predicted octanol–water partition coefficient (Wildman–Crippen LogP) is -0.542. The molecule has 20 heavy (non-hydrogen) atoms. The van der Waals surface area contributed by atoms with Gasteiger partial charge in [0.15, 0.2) is 0 Å². The lowest BCUT2D eigenvalue weighted by Crippen LogP contribution is -2.40. The molecule has 0 aromatic carbocycles. The number of amides is 3. The summed E-state index contributed by atoms with van der Waals surface area (Å²) in [5.41, 5.74) is -0.552.